The molecule has 2 amide bonds. The molecule has 0 bridgehead atoms. The molecule has 15 heavy (non-hydrogen) atoms. The predicted octanol–water partition coefficient (Wildman–Crippen LogP) is -0.499. The maximum atomic E-state index is 11.3. The molecule has 2 fully saturated rings. The number of fused-ring (bicyclic) bond motifs is 1. The van der Waals surface area contributed by atoms with Gasteiger partial charge >= 0.3 is 0 Å². The Hall–Kier alpha value is -1.59. The van der Waals surface area contributed by atoms with E-state index in [1.54, 1.807) is 0 Å². The van der Waals surface area contributed by atoms with Gasteiger partial charge in [-0.2, -0.15) is 0 Å². The van der Waals surface area contributed by atoms with Gasteiger partial charge in [-0.15, -0.1) is 0 Å². The average Bonchev–Trinajstić information content (AvgIpc) is 2.71. The van der Waals surface area contributed by atoms with Gasteiger partial charge in [0.05, 0.1) is 11.8 Å². The van der Waals surface area contributed by atoms with Crippen LogP contribution < -0.4 is 5.32 Å². The SMILES string of the molecule is [N-]=[N+]=NCCN1C[C@@H]2C(=O)NC(=O)[C@H]2C1. The van der Waals surface area contributed by atoms with Gasteiger partial charge < -0.3 is 4.90 Å². The molecule has 0 radical (unpaired) electrons. The first-order chi connectivity index (χ1) is 7.22. The lowest BCUT2D eigenvalue weighted by molar-refractivity contribution is -0.126. The fourth-order valence-corrected chi connectivity index (χ4v) is 2.14. The van der Waals surface area contributed by atoms with Gasteiger partial charge in [0.15, 0.2) is 0 Å². The zero-order valence-corrected chi connectivity index (χ0v) is 8.09. The first-order valence-electron chi connectivity index (χ1n) is 4.80. The molecule has 2 heterocycles. The molecule has 0 aromatic carbocycles. The molecule has 0 aromatic rings. The zero-order valence-electron chi connectivity index (χ0n) is 8.09. The Kier molecular flexibility index (Phi) is 2.57. The van der Waals surface area contributed by atoms with Crippen molar-refractivity contribution in [3.05, 3.63) is 10.4 Å². The van der Waals surface area contributed by atoms with Gasteiger partial charge in [-0.05, 0) is 5.53 Å². The highest BCUT2D eigenvalue weighted by Crippen LogP contribution is 2.27. The normalized spacial score (nSPS) is 29.9. The van der Waals surface area contributed by atoms with Crippen LogP contribution in [0.4, 0.5) is 0 Å². The summed E-state index contributed by atoms with van der Waals surface area (Å²) < 4.78 is 0. The summed E-state index contributed by atoms with van der Waals surface area (Å²) in [5.41, 5.74) is 8.11. The van der Waals surface area contributed by atoms with E-state index in [2.05, 4.69) is 15.3 Å². The number of azide groups is 1. The smallest absolute Gasteiger partial charge is 0.231 e. The van der Waals surface area contributed by atoms with Crippen LogP contribution in [0.15, 0.2) is 5.11 Å². The van der Waals surface area contributed by atoms with E-state index in [0.717, 1.165) is 0 Å². The van der Waals surface area contributed by atoms with Crippen LogP contribution in [0.5, 0.6) is 0 Å². The first-order valence-corrected chi connectivity index (χ1v) is 4.80. The summed E-state index contributed by atoms with van der Waals surface area (Å²) in [5, 5.41) is 5.74. The topological polar surface area (TPSA) is 98.2 Å². The minimum atomic E-state index is -0.205. The largest absolute Gasteiger partial charge is 0.302 e. The van der Waals surface area contributed by atoms with Crippen molar-refractivity contribution in [3.8, 4) is 0 Å². The van der Waals surface area contributed by atoms with Crippen LogP contribution in [0.2, 0.25) is 0 Å². The average molecular weight is 209 g/mol. The molecule has 2 saturated heterocycles. The number of imide groups is 1. The summed E-state index contributed by atoms with van der Waals surface area (Å²) in [7, 11) is 0. The van der Waals surface area contributed by atoms with Crippen molar-refractivity contribution in [3.63, 3.8) is 0 Å². The highest BCUT2D eigenvalue weighted by atomic mass is 16.2. The van der Waals surface area contributed by atoms with E-state index in [4.69, 9.17) is 5.53 Å². The first kappa shape index (κ1) is 9.95. The van der Waals surface area contributed by atoms with Crippen LogP contribution in [0.1, 0.15) is 0 Å². The minimum Gasteiger partial charge on any atom is -0.302 e. The number of nitrogens with zero attached hydrogens (tertiary/aromatic N) is 4. The number of likely N-dealkylation sites (tertiary alicyclic amines) is 1. The second-order valence-electron chi connectivity index (χ2n) is 3.78. The molecule has 80 valence electrons. The summed E-state index contributed by atoms with van der Waals surface area (Å²) in [4.78, 5) is 27.2. The molecule has 2 aliphatic heterocycles. The van der Waals surface area contributed by atoms with E-state index in [0.29, 0.717) is 26.2 Å². The third-order valence-corrected chi connectivity index (χ3v) is 2.89. The molecule has 0 aromatic heterocycles. The maximum Gasteiger partial charge on any atom is 0.231 e. The van der Waals surface area contributed by atoms with Crippen molar-refractivity contribution < 1.29 is 9.59 Å². The van der Waals surface area contributed by atoms with Crippen LogP contribution in [0, 0.1) is 11.8 Å². The van der Waals surface area contributed by atoms with Crippen molar-refractivity contribution >= 4 is 11.8 Å². The Morgan fingerprint density at radius 2 is 2.00 bits per heavy atom. The van der Waals surface area contributed by atoms with Crippen LogP contribution >= 0.6 is 0 Å². The van der Waals surface area contributed by atoms with Gasteiger partial charge in [-0.25, -0.2) is 0 Å². The van der Waals surface area contributed by atoms with Gasteiger partial charge in [-0.1, -0.05) is 5.11 Å². The van der Waals surface area contributed by atoms with Crippen molar-refractivity contribution in [2.24, 2.45) is 17.0 Å². The predicted molar refractivity (Wildman–Crippen MR) is 50.6 cm³/mol. The fraction of sp³-hybridized carbons (Fsp3) is 0.750. The fourth-order valence-electron chi connectivity index (χ4n) is 2.14. The van der Waals surface area contributed by atoms with Crippen LogP contribution in [0.3, 0.4) is 0 Å². The Labute approximate surface area is 86.0 Å². The number of amides is 2. The van der Waals surface area contributed by atoms with Crippen LogP contribution in [-0.2, 0) is 9.59 Å². The number of hydrogen-bond acceptors (Lipinski definition) is 4. The van der Waals surface area contributed by atoms with Crippen molar-refractivity contribution in [2.75, 3.05) is 26.2 Å². The summed E-state index contributed by atoms with van der Waals surface area (Å²) in [5.74, 6) is -0.750. The lowest BCUT2D eigenvalue weighted by Crippen LogP contribution is -2.32. The zero-order chi connectivity index (χ0) is 10.8. The monoisotopic (exact) mass is 209 g/mol. The molecular formula is C8H11N5O2. The highest BCUT2D eigenvalue weighted by molar-refractivity contribution is 6.05. The minimum absolute atomic E-state index is 0.170. The molecule has 0 spiro atoms. The third-order valence-electron chi connectivity index (χ3n) is 2.89. The van der Waals surface area contributed by atoms with E-state index >= 15 is 0 Å². The maximum absolute atomic E-state index is 11.3. The Bertz CT molecular complexity index is 327. The Morgan fingerprint density at radius 3 is 2.53 bits per heavy atom. The number of carbonyl (C=O) groups excluding carboxylic acids is 2. The number of rotatable bonds is 3. The number of hydrogen-bond donors (Lipinski definition) is 1. The van der Waals surface area contributed by atoms with Crippen molar-refractivity contribution in [1.82, 2.24) is 10.2 Å². The van der Waals surface area contributed by atoms with Crippen molar-refractivity contribution in [1.29, 1.82) is 0 Å². The number of carbonyl (C=O) groups is 2. The van der Waals surface area contributed by atoms with Crippen LogP contribution in [0.25, 0.3) is 10.4 Å². The quantitative estimate of drug-likeness (QED) is 0.293. The standard InChI is InChI=1S/C8H11N5O2/c9-12-10-1-2-13-3-5-6(4-13)8(15)11-7(5)14/h5-6H,1-4H2,(H,11,14,15)/t5-,6-/m0/s1. The van der Waals surface area contributed by atoms with Crippen molar-refractivity contribution in [2.45, 2.75) is 0 Å². The second-order valence-corrected chi connectivity index (χ2v) is 3.78. The molecule has 7 heteroatoms. The molecule has 2 rings (SSSR count). The van der Waals surface area contributed by atoms with Gasteiger partial charge in [-0.3, -0.25) is 14.9 Å². The molecule has 7 nitrogen and oxygen atoms in total. The lowest BCUT2D eigenvalue weighted by Gasteiger charge is -2.14. The van der Waals surface area contributed by atoms with E-state index in [9.17, 15) is 9.59 Å². The Morgan fingerprint density at radius 1 is 1.40 bits per heavy atom. The molecule has 0 aliphatic carbocycles. The van der Waals surface area contributed by atoms with Crippen LogP contribution in [-0.4, -0.2) is 42.9 Å². The molecular weight excluding hydrogens is 198 g/mol. The second kappa shape index (κ2) is 3.88. The van der Waals surface area contributed by atoms with E-state index < -0.39 is 0 Å². The summed E-state index contributed by atoms with van der Waals surface area (Å²) in [6.07, 6.45) is 0. The van der Waals surface area contributed by atoms with E-state index in [1.165, 1.54) is 0 Å². The summed E-state index contributed by atoms with van der Waals surface area (Å²) in [6.45, 7) is 2.16. The summed E-state index contributed by atoms with van der Waals surface area (Å²) in [6, 6.07) is 0. The molecule has 1 N–H and O–H groups in total. The van der Waals surface area contributed by atoms with E-state index in [1.807, 2.05) is 4.90 Å². The molecule has 2 aliphatic rings. The van der Waals surface area contributed by atoms with E-state index in [-0.39, 0.29) is 23.7 Å². The molecule has 0 unspecified atom stereocenters. The van der Waals surface area contributed by atoms with Gasteiger partial charge in [0.1, 0.15) is 0 Å². The highest BCUT2D eigenvalue weighted by Gasteiger charge is 2.47. The Balaban J connectivity index is 1.92. The van der Waals surface area contributed by atoms with Gasteiger partial charge in [0, 0.05) is 31.1 Å². The van der Waals surface area contributed by atoms with Gasteiger partial charge in [0.2, 0.25) is 11.8 Å². The lowest BCUT2D eigenvalue weighted by atomic mass is 10.00. The third kappa shape index (κ3) is 1.79. The molecule has 2 atom stereocenters. The molecule has 0 saturated carbocycles. The number of nitrogens with one attached hydrogen (secondary N) is 1. The summed E-state index contributed by atoms with van der Waals surface area (Å²) >= 11 is 0. The van der Waals surface area contributed by atoms with Gasteiger partial charge in [0.25, 0.3) is 0 Å².